The highest BCUT2D eigenvalue weighted by atomic mass is 79.9. The molecule has 112 valence electrons. The molecule has 0 bridgehead atoms. The predicted octanol–water partition coefficient (Wildman–Crippen LogP) is 2.40. The Morgan fingerprint density at radius 2 is 1.95 bits per heavy atom. The van der Waals surface area contributed by atoms with E-state index in [1.54, 1.807) is 13.4 Å². The molecule has 0 amide bonds. The highest BCUT2D eigenvalue weighted by Crippen LogP contribution is 2.29. The fraction of sp³-hybridized carbons (Fsp3) is 0.400. The van der Waals surface area contributed by atoms with Crippen molar-refractivity contribution in [2.45, 2.75) is 0 Å². The van der Waals surface area contributed by atoms with E-state index in [4.69, 9.17) is 4.74 Å². The Morgan fingerprint density at radius 3 is 2.57 bits per heavy atom. The number of methoxy groups -OCH3 is 1. The lowest BCUT2D eigenvalue weighted by Gasteiger charge is -2.34. The Bertz CT molecular complexity index is 620. The minimum atomic E-state index is 0.813. The lowest BCUT2D eigenvalue weighted by molar-refractivity contribution is 0.312. The number of benzene rings is 1. The van der Waals surface area contributed by atoms with Crippen molar-refractivity contribution in [2.75, 3.05) is 45.2 Å². The van der Waals surface area contributed by atoms with Crippen LogP contribution in [0.5, 0.6) is 5.75 Å². The summed E-state index contributed by atoms with van der Waals surface area (Å²) >= 11 is 3.37. The molecular formula is C15H19BrN4O. The molecule has 0 N–H and O–H groups in total. The van der Waals surface area contributed by atoms with Crippen LogP contribution >= 0.6 is 15.9 Å². The summed E-state index contributed by atoms with van der Waals surface area (Å²) in [5.41, 5.74) is 2.21. The van der Waals surface area contributed by atoms with Gasteiger partial charge in [-0.3, -0.25) is 0 Å². The summed E-state index contributed by atoms with van der Waals surface area (Å²) in [7, 11) is 3.87. The highest BCUT2D eigenvalue weighted by molar-refractivity contribution is 9.10. The molecular weight excluding hydrogens is 332 g/mol. The van der Waals surface area contributed by atoms with Crippen LogP contribution in [0.3, 0.4) is 0 Å². The van der Waals surface area contributed by atoms with Gasteiger partial charge in [-0.1, -0.05) is 0 Å². The van der Waals surface area contributed by atoms with Gasteiger partial charge in [-0.2, -0.15) is 0 Å². The maximum atomic E-state index is 5.56. The third-order valence-electron chi connectivity index (χ3n) is 3.86. The lowest BCUT2D eigenvalue weighted by Crippen LogP contribution is -2.44. The molecule has 1 aliphatic rings. The SMILES string of the molecule is COc1cc(N2CCN(C)CC2)ccc1-n1cnc(Br)c1. The molecule has 0 saturated carbocycles. The monoisotopic (exact) mass is 350 g/mol. The Kier molecular flexibility index (Phi) is 4.17. The van der Waals surface area contributed by atoms with Gasteiger partial charge in [-0.05, 0) is 35.1 Å². The van der Waals surface area contributed by atoms with Crippen LogP contribution in [0, 0.1) is 0 Å². The number of halogens is 1. The second kappa shape index (κ2) is 6.07. The summed E-state index contributed by atoms with van der Waals surface area (Å²) in [6, 6.07) is 6.34. The van der Waals surface area contributed by atoms with Gasteiger partial charge in [0, 0.05) is 44.1 Å². The first-order valence-electron chi connectivity index (χ1n) is 6.99. The summed E-state index contributed by atoms with van der Waals surface area (Å²) in [6.45, 7) is 4.29. The number of rotatable bonds is 3. The lowest BCUT2D eigenvalue weighted by atomic mass is 10.2. The molecule has 1 aliphatic heterocycles. The molecule has 1 saturated heterocycles. The number of hydrogen-bond donors (Lipinski definition) is 0. The van der Waals surface area contributed by atoms with Gasteiger partial charge in [-0.25, -0.2) is 4.98 Å². The van der Waals surface area contributed by atoms with Gasteiger partial charge in [0.15, 0.2) is 0 Å². The van der Waals surface area contributed by atoms with Crippen LogP contribution in [-0.2, 0) is 0 Å². The summed E-state index contributed by atoms with van der Waals surface area (Å²) in [5.74, 6) is 0.858. The Morgan fingerprint density at radius 1 is 1.19 bits per heavy atom. The first-order valence-corrected chi connectivity index (χ1v) is 7.78. The molecule has 1 fully saturated rings. The van der Waals surface area contributed by atoms with Crippen molar-refractivity contribution >= 4 is 21.6 Å². The number of anilines is 1. The first kappa shape index (κ1) is 14.4. The second-order valence-corrected chi connectivity index (χ2v) is 6.06. The second-order valence-electron chi connectivity index (χ2n) is 5.25. The van der Waals surface area contributed by atoms with Crippen molar-refractivity contribution in [3.63, 3.8) is 0 Å². The minimum Gasteiger partial charge on any atom is -0.494 e. The van der Waals surface area contributed by atoms with Crippen molar-refractivity contribution in [1.29, 1.82) is 0 Å². The van der Waals surface area contributed by atoms with E-state index >= 15 is 0 Å². The third kappa shape index (κ3) is 3.06. The van der Waals surface area contributed by atoms with Crippen molar-refractivity contribution in [1.82, 2.24) is 14.5 Å². The van der Waals surface area contributed by atoms with Crippen molar-refractivity contribution in [2.24, 2.45) is 0 Å². The van der Waals surface area contributed by atoms with Crippen molar-refractivity contribution in [3.8, 4) is 11.4 Å². The van der Waals surface area contributed by atoms with Crippen LogP contribution in [-0.4, -0.2) is 54.8 Å². The molecule has 2 heterocycles. The van der Waals surface area contributed by atoms with Crippen LogP contribution in [0.1, 0.15) is 0 Å². The minimum absolute atomic E-state index is 0.813. The molecule has 3 rings (SSSR count). The van der Waals surface area contributed by atoms with Gasteiger partial charge in [-0.15, -0.1) is 0 Å². The van der Waals surface area contributed by atoms with E-state index in [0.717, 1.165) is 42.2 Å². The van der Waals surface area contributed by atoms with Crippen LogP contribution in [0.2, 0.25) is 0 Å². The smallest absolute Gasteiger partial charge is 0.144 e. The largest absolute Gasteiger partial charge is 0.494 e. The Labute approximate surface area is 133 Å². The van der Waals surface area contributed by atoms with Crippen LogP contribution in [0.15, 0.2) is 35.3 Å². The number of imidazole rings is 1. The fourth-order valence-corrected chi connectivity index (χ4v) is 2.88. The molecule has 0 radical (unpaired) electrons. The van der Waals surface area contributed by atoms with Gasteiger partial charge in [0.25, 0.3) is 0 Å². The molecule has 5 nitrogen and oxygen atoms in total. The third-order valence-corrected chi connectivity index (χ3v) is 4.27. The van der Waals surface area contributed by atoms with E-state index in [-0.39, 0.29) is 0 Å². The van der Waals surface area contributed by atoms with E-state index < -0.39 is 0 Å². The summed E-state index contributed by atoms with van der Waals surface area (Å²) in [4.78, 5) is 8.95. The summed E-state index contributed by atoms with van der Waals surface area (Å²) in [5, 5.41) is 0. The molecule has 1 aromatic carbocycles. The summed E-state index contributed by atoms with van der Waals surface area (Å²) in [6.07, 6.45) is 3.70. The van der Waals surface area contributed by atoms with Gasteiger partial charge in [0.05, 0.1) is 12.8 Å². The van der Waals surface area contributed by atoms with E-state index in [0.29, 0.717) is 0 Å². The molecule has 1 aromatic heterocycles. The molecule has 0 atom stereocenters. The number of hydrogen-bond acceptors (Lipinski definition) is 4. The average molecular weight is 351 g/mol. The predicted molar refractivity (Wildman–Crippen MR) is 87.5 cm³/mol. The maximum Gasteiger partial charge on any atom is 0.144 e. The number of likely N-dealkylation sites (N-methyl/N-ethyl adjacent to an activating group) is 1. The van der Waals surface area contributed by atoms with Crippen LogP contribution in [0.4, 0.5) is 5.69 Å². The van der Waals surface area contributed by atoms with E-state index in [2.05, 4.69) is 56.0 Å². The number of ether oxygens (including phenoxy) is 1. The van der Waals surface area contributed by atoms with Crippen LogP contribution in [0.25, 0.3) is 5.69 Å². The topological polar surface area (TPSA) is 33.5 Å². The van der Waals surface area contributed by atoms with E-state index in [9.17, 15) is 0 Å². The normalized spacial score (nSPS) is 16.2. The number of nitrogens with zero attached hydrogens (tertiary/aromatic N) is 4. The zero-order chi connectivity index (χ0) is 14.8. The van der Waals surface area contributed by atoms with Gasteiger partial charge in [0.2, 0.25) is 0 Å². The highest BCUT2D eigenvalue weighted by Gasteiger charge is 2.16. The zero-order valence-electron chi connectivity index (χ0n) is 12.3. The average Bonchev–Trinajstić information content (AvgIpc) is 2.94. The van der Waals surface area contributed by atoms with E-state index in [1.807, 2.05) is 10.8 Å². The number of aromatic nitrogens is 2. The van der Waals surface area contributed by atoms with Gasteiger partial charge < -0.3 is 19.1 Å². The molecule has 21 heavy (non-hydrogen) atoms. The molecule has 6 heteroatoms. The maximum absolute atomic E-state index is 5.56. The molecule has 0 unspecified atom stereocenters. The van der Waals surface area contributed by atoms with Gasteiger partial charge in [0.1, 0.15) is 16.7 Å². The van der Waals surface area contributed by atoms with Crippen molar-refractivity contribution < 1.29 is 4.74 Å². The zero-order valence-corrected chi connectivity index (χ0v) is 13.9. The van der Waals surface area contributed by atoms with Gasteiger partial charge >= 0.3 is 0 Å². The fourth-order valence-electron chi connectivity index (χ4n) is 2.57. The summed E-state index contributed by atoms with van der Waals surface area (Å²) < 4.78 is 8.33. The van der Waals surface area contributed by atoms with Crippen molar-refractivity contribution in [3.05, 3.63) is 35.3 Å². The Balaban J connectivity index is 1.88. The standard InChI is InChI=1S/C15H19BrN4O/c1-18-5-7-19(8-6-18)12-3-4-13(14(9-12)21-2)20-10-15(16)17-11-20/h3-4,9-11H,5-8H2,1-2H3. The first-order chi connectivity index (χ1) is 10.2. The number of piperazine rings is 1. The molecule has 0 aliphatic carbocycles. The molecule has 2 aromatic rings. The van der Waals surface area contributed by atoms with Crippen LogP contribution < -0.4 is 9.64 Å². The van der Waals surface area contributed by atoms with E-state index in [1.165, 1.54) is 5.69 Å². The molecule has 0 spiro atoms. The quantitative estimate of drug-likeness (QED) is 0.850. The Hall–Kier alpha value is -1.53.